The van der Waals surface area contributed by atoms with Crippen molar-refractivity contribution in [1.29, 1.82) is 0 Å². The van der Waals surface area contributed by atoms with Crippen LogP contribution in [0.15, 0.2) is 155 Å². The van der Waals surface area contributed by atoms with Crippen molar-refractivity contribution in [2.75, 3.05) is 0 Å². The molecule has 0 amide bonds. The molecule has 1 aliphatic rings. The van der Waals surface area contributed by atoms with E-state index >= 15 is 0 Å². The molecule has 4 nitrogen and oxygen atoms in total. The maximum absolute atomic E-state index is 5.26. The maximum atomic E-state index is 5.26. The summed E-state index contributed by atoms with van der Waals surface area (Å²) in [7, 11) is 0. The fraction of sp³-hybridized carbons (Fsp3) is 0. The predicted molar refractivity (Wildman–Crippen MR) is 184 cm³/mol. The van der Waals surface area contributed by atoms with Crippen LogP contribution in [0.1, 0.15) is 0 Å². The third-order valence-corrected chi connectivity index (χ3v) is 9.46. The average Bonchev–Trinajstić information content (AvgIpc) is 3.12. The van der Waals surface area contributed by atoms with Crippen LogP contribution in [0.5, 0.6) is 0 Å². The Morgan fingerprint density at radius 3 is 1.62 bits per heavy atom. The van der Waals surface area contributed by atoms with Crippen molar-refractivity contribution in [2.45, 2.75) is 9.79 Å². The molecule has 0 bridgehead atoms. The van der Waals surface area contributed by atoms with E-state index in [9.17, 15) is 0 Å². The zero-order valence-electron chi connectivity index (χ0n) is 24.1. The fourth-order valence-electron chi connectivity index (χ4n) is 6.11. The van der Waals surface area contributed by atoms with E-state index in [2.05, 4.69) is 84.9 Å². The SMILES string of the molecule is c1ccc(-c2nc(-c3ccccc3)nc(-c3ccc(-c4ccc5c(c4)nc4c6c(cccc65)Sc5ccccc5-4)cc3)n2)cc1. The second-order valence-electron chi connectivity index (χ2n) is 11.1. The Morgan fingerprint density at radius 2 is 0.933 bits per heavy atom. The van der Waals surface area contributed by atoms with Gasteiger partial charge in [0.1, 0.15) is 0 Å². The first-order chi connectivity index (χ1) is 22.3. The van der Waals surface area contributed by atoms with E-state index in [0.717, 1.165) is 39.0 Å². The highest BCUT2D eigenvalue weighted by atomic mass is 32.2. The van der Waals surface area contributed by atoms with Crippen LogP contribution in [0, 0.1) is 0 Å². The summed E-state index contributed by atoms with van der Waals surface area (Å²) in [5.41, 5.74) is 8.34. The van der Waals surface area contributed by atoms with Crippen molar-refractivity contribution < 1.29 is 0 Å². The Morgan fingerprint density at radius 1 is 0.378 bits per heavy atom. The van der Waals surface area contributed by atoms with E-state index in [4.69, 9.17) is 19.9 Å². The minimum absolute atomic E-state index is 0.646. The molecule has 3 heterocycles. The van der Waals surface area contributed by atoms with Crippen molar-refractivity contribution >= 4 is 33.4 Å². The van der Waals surface area contributed by atoms with Crippen LogP contribution in [-0.4, -0.2) is 19.9 Å². The van der Waals surface area contributed by atoms with E-state index in [1.807, 2.05) is 72.4 Å². The zero-order valence-corrected chi connectivity index (χ0v) is 24.9. The molecule has 0 unspecified atom stereocenters. The van der Waals surface area contributed by atoms with Crippen LogP contribution < -0.4 is 0 Å². The van der Waals surface area contributed by atoms with Crippen LogP contribution >= 0.6 is 11.8 Å². The summed E-state index contributed by atoms with van der Waals surface area (Å²) in [6.45, 7) is 0. The molecule has 0 aliphatic carbocycles. The van der Waals surface area contributed by atoms with E-state index < -0.39 is 0 Å². The Hall–Kier alpha value is -5.65. The van der Waals surface area contributed by atoms with Gasteiger partial charge < -0.3 is 0 Å². The lowest BCUT2D eigenvalue weighted by molar-refractivity contribution is 1.07. The standard InChI is InChI=1S/C40H24N4S/c1-3-10-26(11-4-1)38-42-39(27-12-5-2-6-13-27)44-40(43-38)28-20-18-25(19-21-28)29-22-23-30-31-15-9-17-35-36(31)37(41-33(30)24-29)32-14-7-8-16-34(32)45-35/h1-24H. The minimum atomic E-state index is 0.646. The summed E-state index contributed by atoms with van der Waals surface area (Å²) in [6.07, 6.45) is 0. The third kappa shape index (κ3) is 4.48. The number of nitrogens with zero attached hydrogens (tertiary/aromatic N) is 4. The number of hydrogen-bond acceptors (Lipinski definition) is 5. The van der Waals surface area contributed by atoms with Gasteiger partial charge in [0.25, 0.3) is 0 Å². The van der Waals surface area contributed by atoms with Crippen LogP contribution in [0.4, 0.5) is 0 Å². The molecule has 210 valence electrons. The van der Waals surface area contributed by atoms with Gasteiger partial charge in [-0.15, -0.1) is 0 Å². The first-order valence-electron chi connectivity index (χ1n) is 14.9. The summed E-state index contributed by atoms with van der Waals surface area (Å²) in [5, 5.41) is 3.66. The zero-order chi connectivity index (χ0) is 29.7. The normalized spacial score (nSPS) is 11.9. The predicted octanol–water partition coefficient (Wildman–Crippen LogP) is 10.4. The number of pyridine rings is 1. The van der Waals surface area contributed by atoms with Crippen molar-refractivity contribution in [3.8, 4) is 56.5 Å². The minimum Gasteiger partial charge on any atom is -0.247 e. The van der Waals surface area contributed by atoms with Crippen LogP contribution in [0.2, 0.25) is 0 Å². The third-order valence-electron chi connectivity index (χ3n) is 8.32. The van der Waals surface area contributed by atoms with Gasteiger partial charge in [0, 0.05) is 42.8 Å². The highest BCUT2D eigenvalue weighted by Crippen LogP contribution is 2.48. The number of rotatable bonds is 4. The van der Waals surface area contributed by atoms with Gasteiger partial charge in [-0.2, -0.15) is 0 Å². The average molecular weight is 593 g/mol. The molecule has 0 fully saturated rings. The van der Waals surface area contributed by atoms with Crippen molar-refractivity contribution in [3.63, 3.8) is 0 Å². The summed E-state index contributed by atoms with van der Waals surface area (Å²) < 4.78 is 0. The Bertz CT molecular complexity index is 2330. The van der Waals surface area contributed by atoms with Crippen LogP contribution in [0.3, 0.4) is 0 Å². The largest absolute Gasteiger partial charge is 0.247 e. The molecule has 5 heteroatoms. The molecule has 0 saturated carbocycles. The van der Waals surface area contributed by atoms with Gasteiger partial charge in [-0.05, 0) is 34.7 Å². The molecule has 0 radical (unpaired) electrons. The maximum Gasteiger partial charge on any atom is 0.164 e. The van der Waals surface area contributed by atoms with Gasteiger partial charge >= 0.3 is 0 Å². The lowest BCUT2D eigenvalue weighted by Crippen LogP contribution is -2.00. The fourth-order valence-corrected chi connectivity index (χ4v) is 7.22. The number of hydrogen-bond donors (Lipinski definition) is 0. The van der Waals surface area contributed by atoms with Crippen molar-refractivity contribution in [2.24, 2.45) is 0 Å². The second kappa shape index (κ2) is 10.5. The van der Waals surface area contributed by atoms with Crippen LogP contribution in [-0.2, 0) is 0 Å². The lowest BCUT2D eigenvalue weighted by atomic mass is 9.97. The molecule has 45 heavy (non-hydrogen) atoms. The van der Waals surface area contributed by atoms with Gasteiger partial charge in [0.15, 0.2) is 17.5 Å². The quantitative estimate of drug-likeness (QED) is 0.190. The molecule has 2 aromatic heterocycles. The second-order valence-corrected chi connectivity index (χ2v) is 12.2. The van der Waals surface area contributed by atoms with Crippen LogP contribution in [0.25, 0.3) is 78.2 Å². The molecule has 8 aromatic rings. The summed E-state index contributed by atoms with van der Waals surface area (Å²) in [5.74, 6) is 1.96. The van der Waals surface area contributed by atoms with Crippen molar-refractivity contribution in [1.82, 2.24) is 19.9 Å². The number of fused-ring (bicyclic) bond motifs is 4. The highest BCUT2D eigenvalue weighted by molar-refractivity contribution is 7.99. The van der Waals surface area contributed by atoms with Gasteiger partial charge in [-0.3, -0.25) is 0 Å². The van der Waals surface area contributed by atoms with Gasteiger partial charge in [0.05, 0.1) is 11.2 Å². The molecular formula is C40H24N4S. The number of aromatic nitrogens is 4. The Balaban J connectivity index is 1.13. The first-order valence-corrected chi connectivity index (χ1v) is 15.7. The van der Waals surface area contributed by atoms with Gasteiger partial charge in [-0.25, -0.2) is 19.9 Å². The summed E-state index contributed by atoms with van der Waals surface area (Å²) >= 11 is 1.83. The van der Waals surface area contributed by atoms with E-state index in [1.54, 1.807) is 0 Å². The smallest absolute Gasteiger partial charge is 0.164 e. The van der Waals surface area contributed by atoms with E-state index in [0.29, 0.717) is 17.5 Å². The lowest BCUT2D eigenvalue weighted by Gasteiger charge is -2.20. The topological polar surface area (TPSA) is 51.6 Å². The molecule has 0 saturated heterocycles. The van der Waals surface area contributed by atoms with Crippen molar-refractivity contribution in [3.05, 3.63) is 146 Å². The Labute approximate surface area is 264 Å². The first kappa shape index (κ1) is 25.8. The van der Waals surface area contributed by atoms with Gasteiger partial charge in [-0.1, -0.05) is 139 Å². The highest BCUT2D eigenvalue weighted by Gasteiger charge is 2.22. The molecule has 0 spiro atoms. The molecule has 1 aliphatic heterocycles. The van der Waals surface area contributed by atoms with Gasteiger partial charge in [0.2, 0.25) is 0 Å². The Kier molecular flexibility index (Phi) is 6.03. The molecule has 6 aromatic carbocycles. The van der Waals surface area contributed by atoms with E-state index in [-0.39, 0.29) is 0 Å². The molecular weight excluding hydrogens is 569 g/mol. The summed E-state index contributed by atoms with van der Waals surface area (Å²) in [6, 6.07) is 50.3. The molecule has 0 atom stereocenters. The molecule has 0 N–H and O–H groups in total. The monoisotopic (exact) mass is 592 g/mol. The molecule has 9 rings (SSSR count). The summed E-state index contributed by atoms with van der Waals surface area (Å²) in [4.78, 5) is 22.4. The number of benzene rings is 6. The van der Waals surface area contributed by atoms with E-state index in [1.165, 1.54) is 31.5 Å².